The van der Waals surface area contributed by atoms with Gasteiger partial charge in [-0.2, -0.15) is 11.8 Å². The molecule has 1 amide bonds. The molecule has 0 saturated heterocycles. The quantitative estimate of drug-likeness (QED) is 0.575. The SMILES string of the molecule is CCCN(CCC)CCC(=O)NC(CCSC)C(=O)O. The number of carbonyl (C=O) groups is 2. The van der Waals surface area contributed by atoms with E-state index >= 15 is 0 Å². The molecule has 0 aromatic rings. The van der Waals surface area contributed by atoms with E-state index in [1.807, 2.05) is 6.26 Å². The molecule has 6 heteroatoms. The fourth-order valence-electron chi connectivity index (χ4n) is 1.99. The Labute approximate surface area is 126 Å². The molecule has 0 radical (unpaired) electrons. The first-order chi connectivity index (χ1) is 9.54. The van der Waals surface area contributed by atoms with Gasteiger partial charge in [0.15, 0.2) is 0 Å². The second-order valence-electron chi connectivity index (χ2n) is 4.83. The molecule has 0 aliphatic carbocycles. The van der Waals surface area contributed by atoms with E-state index in [1.54, 1.807) is 11.8 Å². The largest absolute Gasteiger partial charge is 0.480 e. The zero-order valence-electron chi connectivity index (χ0n) is 12.9. The smallest absolute Gasteiger partial charge is 0.326 e. The maximum Gasteiger partial charge on any atom is 0.326 e. The number of nitrogens with zero attached hydrogens (tertiary/aromatic N) is 1. The highest BCUT2D eigenvalue weighted by Gasteiger charge is 2.19. The van der Waals surface area contributed by atoms with Crippen LogP contribution in [0.25, 0.3) is 0 Å². The van der Waals surface area contributed by atoms with Crippen LogP contribution < -0.4 is 5.32 Å². The van der Waals surface area contributed by atoms with Crippen molar-refractivity contribution in [2.24, 2.45) is 0 Å². The Kier molecular flexibility index (Phi) is 11.6. The lowest BCUT2D eigenvalue weighted by molar-refractivity contribution is -0.141. The predicted molar refractivity (Wildman–Crippen MR) is 84.2 cm³/mol. The Morgan fingerprint density at radius 3 is 2.25 bits per heavy atom. The summed E-state index contributed by atoms with van der Waals surface area (Å²) in [5.41, 5.74) is 0. The van der Waals surface area contributed by atoms with E-state index in [2.05, 4.69) is 24.1 Å². The van der Waals surface area contributed by atoms with Crippen molar-refractivity contribution in [1.29, 1.82) is 0 Å². The van der Waals surface area contributed by atoms with Gasteiger partial charge in [-0.25, -0.2) is 4.79 Å². The Morgan fingerprint density at radius 1 is 1.20 bits per heavy atom. The van der Waals surface area contributed by atoms with Crippen molar-refractivity contribution < 1.29 is 14.7 Å². The van der Waals surface area contributed by atoms with Gasteiger partial charge in [-0.3, -0.25) is 4.79 Å². The molecule has 2 N–H and O–H groups in total. The Balaban J connectivity index is 4.13. The van der Waals surface area contributed by atoms with E-state index in [0.29, 0.717) is 19.4 Å². The van der Waals surface area contributed by atoms with Gasteiger partial charge >= 0.3 is 5.97 Å². The molecular weight excluding hydrogens is 276 g/mol. The Bertz CT molecular complexity index is 282. The second-order valence-corrected chi connectivity index (χ2v) is 5.82. The summed E-state index contributed by atoms with van der Waals surface area (Å²) in [4.78, 5) is 25.1. The molecular formula is C14H28N2O3S. The zero-order valence-corrected chi connectivity index (χ0v) is 13.7. The van der Waals surface area contributed by atoms with Crippen molar-refractivity contribution in [2.45, 2.75) is 45.6 Å². The van der Waals surface area contributed by atoms with Crippen molar-refractivity contribution >= 4 is 23.6 Å². The standard InChI is InChI=1S/C14H28N2O3S/c1-4-8-16(9-5-2)10-6-13(17)15-12(14(18)19)7-11-20-3/h12H,4-11H2,1-3H3,(H,15,17)(H,18,19). The monoisotopic (exact) mass is 304 g/mol. The molecule has 5 nitrogen and oxygen atoms in total. The number of rotatable bonds is 12. The van der Waals surface area contributed by atoms with E-state index in [-0.39, 0.29) is 5.91 Å². The summed E-state index contributed by atoms with van der Waals surface area (Å²) in [5, 5.41) is 11.7. The van der Waals surface area contributed by atoms with E-state index in [1.165, 1.54) is 0 Å². The maximum absolute atomic E-state index is 11.8. The molecule has 0 heterocycles. The fourth-order valence-corrected chi connectivity index (χ4v) is 2.46. The Morgan fingerprint density at radius 2 is 1.80 bits per heavy atom. The van der Waals surface area contributed by atoms with Crippen LogP contribution in [0.1, 0.15) is 39.5 Å². The highest BCUT2D eigenvalue weighted by Crippen LogP contribution is 2.02. The average Bonchev–Trinajstić information content (AvgIpc) is 2.41. The minimum Gasteiger partial charge on any atom is -0.480 e. The first kappa shape index (κ1) is 19.2. The molecule has 0 rings (SSSR count). The van der Waals surface area contributed by atoms with Crippen LogP contribution in [0.2, 0.25) is 0 Å². The molecule has 20 heavy (non-hydrogen) atoms. The summed E-state index contributed by atoms with van der Waals surface area (Å²) in [6.45, 7) is 6.89. The van der Waals surface area contributed by atoms with Gasteiger partial charge in [0.1, 0.15) is 6.04 Å². The van der Waals surface area contributed by atoms with Crippen LogP contribution in [0, 0.1) is 0 Å². The lowest BCUT2D eigenvalue weighted by Crippen LogP contribution is -2.42. The molecule has 1 unspecified atom stereocenters. The van der Waals surface area contributed by atoms with Crippen molar-refractivity contribution in [3.63, 3.8) is 0 Å². The molecule has 0 aromatic carbocycles. The predicted octanol–water partition coefficient (Wildman–Crippen LogP) is 1.82. The number of aliphatic carboxylic acids is 1. The summed E-state index contributed by atoms with van der Waals surface area (Å²) < 4.78 is 0. The van der Waals surface area contributed by atoms with E-state index < -0.39 is 12.0 Å². The molecule has 0 aliphatic heterocycles. The van der Waals surface area contributed by atoms with Crippen LogP contribution in [0.4, 0.5) is 0 Å². The van der Waals surface area contributed by atoms with Gasteiger partial charge in [0.25, 0.3) is 0 Å². The first-order valence-corrected chi connectivity index (χ1v) is 8.67. The van der Waals surface area contributed by atoms with Crippen LogP contribution in [0.3, 0.4) is 0 Å². The highest BCUT2D eigenvalue weighted by molar-refractivity contribution is 7.98. The molecule has 0 aromatic heterocycles. The van der Waals surface area contributed by atoms with Crippen LogP contribution >= 0.6 is 11.8 Å². The summed E-state index contributed by atoms with van der Waals surface area (Å²) >= 11 is 1.58. The average molecular weight is 304 g/mol. The van der Waals surface area contributed by atoms with Gasteiger partial charge in [-0.15, -0.1) is 0 Å². The molecule has 0 fully saturated rings. The summed E-state index contributed by atoms with van der Waals surface area (Å²) in [5.74, 6) is -0.392. The zero-order chi connectivity index (χ0) is 15.4. The molecule has 0 saturated carbocycles. The van der Waals surface area contributed by atoms with Crippen molar-refractivity contribution in [2.75, 3.05) is 31.6 Å². The number of hydrogen-bond donors (Lipinski definition) is 2. The van der Waals surface area contributed by atoms with E-state index in [4.69, 9.17) is 5.11 Å². The summed E-state index contributed by atoms with van der Waals surface area (Å²) in [6, 6.07) is -0.763. The van der Waals surface area contributed by atoms with Crippen LogP contribution in [-0.4, -0.2) is 59.6 Å². The number of nitrogens with one attached hydrogen (secondary N) is 1. The number of carboxylic acid groups (broad SMARTS) is 1. The normalized spacial score (nSPS) is 12.4. The number of amides is 1. The fraction of sp³-hybridized carbons (Fsp3) is 0.857. The molecule has 1 atom stereocenters. The molecule has 0 spiro atoms. The van der Waals surface area contributed by atoms with Gasteiger partial charge in [-0.05, 0) is 44.4 Å². The van der Waals surface area contributed by atoms with Gasteiger partial charge in [0.05, 0.1) is 0 Å². The number of thioether (sulfide) groups is 1. The first-order valence-electron chi connectivity index (χ1n) is 7.28. The summed E-state index contributed by atoms with van der Waals surface area (Å²) in [7, 11) is 0. The lowest BCUT2D eigenvalue weighted by Gasteiger charge is -2.21. The molecule has 0 bridgehead atoms. The van der Waals surface area contributed by atoms with Crippen molar-refractivity contribution in [3.8, 4) is 0 Å². The van der Waals surface area contributed by atoms with Gasteiger partial charge in [0, 0.05) is 13.0 Å². The number of carbonyl (C=O) groups excluding carboxylic acids is 1. The third kappa shape index (κ3) is 9.20. The van der Waals surface area contributed by atoms with Crippen LogP contribution in [-0.2, 0) is 9.59 Å². The van der Waals surface area contributed by atoms with E-state index in [0.717, 1.165) is 31.7 Å². The third-order valence-electron chi connectivity index (χ3n) is 2.98. The Hall–Kier alpha value is -0.750. The van der Waals surface area contributed by atoms with Gasteiger partial charge in [-0.1, -0.05) is 13.8 Å². The topological polar surface area (TPSA) is 69.6 Å². The lowest BCUT2D eigenvalue weighted by atomic mass is 10.2. The highest BCUT2D eigenvalue weighted by atomic mass is 32.2. The third-order valence-corrected chi connectivity index (χ3v) is 3.62. The second kappa shape index (κ2) is 12.0. The number of carboxylic acids is 1. The molecule has 0 aliphatic rings. The van der Waals surface area contributed by atoms with Gasteiger partial charge in [0.2, 0.25) is 5.91 Å². The minimum atomic E-state index is -0.952. The van der Waals surface area contributed by atoms with E-state index in [9.17, 15) is 9.59 Å². The van der Waals surface area contributed by atoms with Crippen molar-refractivity contribution in [3.05, 3.63) is 0 Å². The minimum absolute atomic E-state index is 0.171. The van der Waals surface area contributed by atoms with Gasteiger partial charge < -0.3 is 15.3 Å². The van der Waals surface area contributed by atoms with Crippen LogP contribution in [0.5, 0.6) is 0 Å². The number of hydrogen-bond acceptors (Lipinski definition) is 4. The van der Waals surface area contributed by atoms with Crippen LogP contribution in [0.15, 0.2) is 0 Å². The maximum atomic E-state index is 11.8. The molecule has 118 valence electrons. The summed E-state index contributed by atoms with van der Waals surface area (Å²) in [6.07, 6.45) is 4.88. The van der Waals surface area contributed by atoms with Crippen molar-refractivity contribution in [1.82, 2.24) is 10.2 Å².